The summed E-state index contributed by atoms with van der Waals surface area (Å²) in [7, 11) is 0. The van der Waals surface area contributed by atoms with E-state index >= 15 is 0 Å². The number of non-ortho nitro benzene ring substituents is 1. The molecule has 1 heterocycles. The van der Waals surface area contributed by atoms with Crippen LogP contribution in [0.2, 0.25) is 0 Å². The first-order valence-corrected chi connectivity index (χ1v) is 5.48. The van der Waals surface area contributed by atoms with Crippen molar-refractivity contribution in [3.05, 3.63) is 44.7 Å². The predicted octanol–water partition coefficient (Wildman–Crippen LogP) is 2.17. The minimum atomic E-state index is -0.519. The van der Waals surface area contributed by atoms with Gasteiger partial charge >= 0.3 is 0 Å². The quantitative estimate of drug-likeness (QED) is 0.491. The van der Waals surface area contributed by atoms with Gasteiger partial charge in [-0.05, 0) is 12.2 Å². The summed E-state index contributed by atoms with van der Waals surface area (Å²) in [5.41, 5.74) is 6.41. The van der Waals surface area contributed by atoms with Crippen molar-refractivity contribution in [2.45, 2.75) is 0 Å². The van der Waals surface area contributed by atoms with Crippen molar-refractivity contribution in [2.24, 2.45) is 0 Å². The fraction of sp³-hybridized carbons (Fsp3) is 0. The molecule has 0 bridgehead atoms. The van der Waals surface area contributed by atoms with Gasteiger partial charge in [0.15, 0.2) is 4.77 Å². The molecule has 0 saturated carbocycles. The van der Waals surface area contributed by atoms with Crippen molar-refractivity contribution in [3.63, 3.8) is 0 Å². The van der Waals surface area contributed by atoms with Gasteiger partial charge in [-0.1, -0.05) is 12.1 Å². The average Bonchev–Trinajstić information content (AvgIpc) is 2.38. The standard InChI is InChI=1S/C11H7N5O2S/c12-5-8-9(14-11(19)15-10(8)13)6-2-1-3-7(4-6)16(17)18/h1-4H,(H3,13,14,15,19). The third-order valence-electron chi connectivity index (χ3n) is 2.42. The molecule has 0 atom stereocenters. The van der Waals surface area contributed by atoms with E-state index in [9.17, 15) is 10.1 Å². The van der Waals surface area contributed by atoms with Crippen molar-refractivity contribution in [2.75, 3.05) is 5.73 Å². The third-order valence-corrected chi connectivity index (χ3v) is 2.61. The number of nitro groups is 1. The number of aromatic nitrogens is 2. The number of nitrogens with two attached hydrogens (primary N) is 1. The molecule has 2 aromatic rings. The van der Waals surface area contributed by atoms with E-state index in [2.05, 4.69) is 9.97 Å². The van der Waals surface area contributed by atoms with Crippen LogP contribution in [0, 0.1) is 26.2 Å². The number of aromatic amines is 1. The lowest BCUT2D eigenvalue weighted by atomic mass is 10.1. The van der Waals surface area contributed by atoms with Crippen molar-refractivity contribution in [3.8, 4) is 17.3 Å². The SMILES string of the molecule is N#Cc1c(N)nc(=S)[nH]c1-c1cccc([N+](=O)[O-])c1. The molecule has 94 valence electrons. The van der Waals surface area contributed by atoms with Crippen LogP contribution in [0.3, 0.4) is 0 Å². The van der Waals surface area contributed by atoms with Crippen LogP contribution in [0.25, 0.3) is 11.3 Å². The van der Waals surface area contributed by atoms with Crippen LogP contribution in [0.1, 0.15) is 5.56 Å². The summed E-state index contributed by atoms with van der Waals surface area (Å²) >= 11 is 4.89. The van der Waals surface area contributed by atoms with Crippen molar-refractivity contribution in [1.82, 2.24) is 9.97 Å². The molecule has 0 aliphatic rings. The Morgan fingerprint density at radius 2 is 2.26 bits per heavy atom. The number of rotatable bonds is 2. The average molecular weight is 273 g/mol. The number of nitro benzene ring substituents is 1. The van der Waals surface area contributed by atoms with E-state index in [1.807, 2.05) is 6.07 Å². The van der Waals surface area contributed by atoms with Gasteiger partial charge in [-0.15, -0.1) is 0 Å². The minimum absolute atomic E-state index is 0.00671. The fourth-order valence-corrected chi connectivity index (χ4v) is 1.80. The molecule has 1 aromatic heterocycles. The summed E-state index contributed by atoms with van der Waals surface area (Å²) in [6.07, 6.45) is 0. The van der Waals surface area contributed by atoms with Gasteiger partial charge in [-0.2, -0.15) is 5.26 Å². The van der Waals surface area contributed by atoms with Gasteiger partial charge in [0.1, 0.15) is 17.5 Å². The van der Waals surface area contributed by atoms with Crippen LogP contribution < -0.4 is 5.73 Å². The van der Waals surface area contributed by atoms with Gasteiger partial charge < -0.3 is 10.7 Å². The van der Waals surface area contributed by atoms with Crippen molar-refractivity contribution >= 4 is 23.7 Å². The molecule has 19 heavy (non-hydrogen) atoms. The normalized spacial score (nSPS) is 9.84. The number of hydrogen-bond donors (Lipinski definition) is 2. The number of nitrogens with one attached hydrogen (secondary N) is 1. The van der Waals surface area contributed by atoms with Crippen LogP contribution in [0.5, 0.6) is 0 Å². The number of nitriles is 1. The highest BCUT2D eigenvalue weighted by Gasteiger charge is 2.13. The Bertz CT molecular complexity index is 762. The summed E-state index contributed by atoms with van der Waals surface area (Å²) in [5.74, 6) is -0.00671. The van der Waals surface area contributed by atoms with Gasteiger partial charge in [-0.25, -0.2) is 4.98 Å². The second kappa shape index (κ2) is 4.83. The largest absolute Gasteiger partial charge is 0.382 e. The molecule has 1 aromatic carbocycles. The van der Waals surface area contributed by atoms with Crippen molar-refractivity contribution in [1.29, 1.82) is 5.26 Å². The highest BCUT2D eigenvalue weighted by Crippen LogP contribution is 2.26. The molecule has 0 radical (unpaired) electrons. The first-order chi connectivity index (χ1) is 9.02. The highest BCUT2D eigenvalue weighted by molar-refractivity contribution is 7.71. The zero-order chi connectivity index (χ0) is 14.0. The Kier molecular flexibility index (Phi) is 3.22. The van der Waals surface area contributed by atoms with Crippen LogP contribution in [-0.4, -0.2) is 14.9 Å². The topological polar surface area (TPSA) is 122 Å². The molecule has 0 aliphatic heterocycles. The van der Waals surface area contributed by atoms with Crippen LogP contribution in [0.4, 0.5) is 11.5 Å². The Balaban J connectivity index is 2.72. The molecule has 7 nitrogen and oxygen atoms in total. The van der Waals surface area contributed by atoms with Crippen LogP contribution >= 0.6 is 12.2 Å². The summed E-state index contributed by atoms with van der Waals surface area (Å²) in [5, 5.41) is 19.8. The Morgan fingerprint density at radius 3 is 2.89 bits per heavy atom. The van der Waals surface area contributed by atoms with E-state index in [0.29, 0.717) is 11.3 Å². The molecule has 0 amide bonds. The van der Waals surface area contributed by atoms with Gasteiger partial charge in [0.05, 0.1) is 10.6 Å². The first-order valence-electron chi connectivity index (χ1n) is 5.07. The van der Waals surface area contributed by atoms with E-state index in [0.717, 1.165) is 0 Å². The fourth-order valence-electron chi connectivity index (χ4n) is 1.60. The van der Waals surface area contributed by atoms with Gasteiger partial charge in [-0.3, -0.25) is 10.1 Å². The number of H-pyrrole nitrogens is 1. The van der Waals surface area contributed by atoms with E-state index in [1.165, 1.54) is 18.2 Å². The zero-order valence-electron chi connectivity index (χ0n) is 9.45. The van der Waals surface area contributed by atoms with E-state index in [-0.39, 0.29) is 21.8 Å². The second-order valence-electron chi connectivity index (χ2n) is 3.60. The molecule has 0 spiro atoms. The van der Waals surface area contributed by atoms with E-state index < -0.39 is 4.92 Å². The lowest BCUT2D eigenvalue weighted by molar-refractivity contribution is -0.384. The molecular weight excluding hydrogens is 266 g/mol. The Morgan fingerprint density at radius 1 is 1.53 bits per heavy atom. The monoisotopic (exact) mass is 273 g/mol. The zero-order valence-corrected chi connectivity index (χ0v) is 10.3. The first kappa shape index (κ1) is 12.7. The molecular formula is C11H7N5O2S. The Labute approximate surface area is 112 Å². The summed E-state index contributed by atoms with van der Waals surface area (Å²) in [6.45, 7) is 0. The summed E-state index contributed by atoms with van der Waals surface area (Å²) < 4.78 is 0.109. The Hall–Kier alpha value is -2.79. The van der Waals surface area contributed by atoms with Gasteiger partial charge in [0.25, 0.3) is 5.69 Å². The summed E-state index contributed by atoms with van der Waals surface area (Å²) in [4.78, 5) is 16.7. The highest BCUT2D eigenvalue weighted by atomic mass is 32.1. The maximum Gasteiger partial charge on any atom is 0.270 e. The van der Waals surface area contributed by atoms with Gasteiger partial charge in [0, 0.05) is 17.7 Å². The summed E-state index contributed by atoms with van der Waals surface area (Å²) in [6, 6.07) is 7.73. The van der Waals surface area contributed by atoms with E-state index in [1.54, 1.807) is 6.07 Å². The predicted molar refractivity (Wildman–Crippen MR) is 70.6 cm³/mol. The van der Waals surface area contributed by atoms with Gasteiger partial charge in [0.2, 0.25) is 0 Å². The lowest BCUT2D eigenvalue weighted by Gasteiger charge is -2.06. The second-order valence-corrected chi connectivity index (χ2v) is 3.98. The molecule has 0 saturated heterocycles. The smallest absolute Gasteiger partial charge is 0.270 e. The molecule has 3 N–H and O–H groups in total. The lowest BCUT2D eigenvalue weighted by Crippen LogP contribution is -2.01. The molecule has 2 rings (SSSR count). The van der Waals surface area contributed by atoms with Crippen molar-refractivity contribution < 1.29 is 4.92 Å². The number of anilines is 1. The number of nitrogen functional groups attached to an aromatic ring is 1. The molecule has 0 aliphatic carbocycles. The number of benzene rings is 1. The number of nitrogens with zero attached hydrogens (tertiary/aromatic N) is 3. The number of hydrogen-bond acceptors (Lipinski definition) is 6. The maximum atomic E-state index is 10.7. The molecule has 0 fully saturated rings. The minimum Gasteiger partial charge on any atom is -0.382 e. The van der Waals surface area contributed by atoms with Crippen LogP contribution in [-0.2, 0) is 0 Å². The molecule has 0 unspecified atom stereocenters. The maximum absolute atomic E-state index is 10.7. The van der Waals surface area contributed by atoms with Crippen LogP contribution in [0.15, 0.2) is 24.3 Å². The third kappa shape index (κ3) is 2.41. The molecule has 8 heteroatoms. The van der Waals surface area contributed by atoms with E-state index in [4.69, 9.17) is 23.2 Å².